The SMILES string of the molecule is C#CCNC(C)(C)CC(C)(C)C. The monoisotopic (exact) mass is 167 g/mol. The molecule has 0 saturated heterocycles. The molecule has 0 atom stereocenters. The Balaban J connectivity index is 3.97. The third-order valence-electron chi connectivity index (χ3n) is 1.64. The van der Waals surface area contributed by atoms with Gasteiger partial charge in [-0.3, -0.25) is 0 Å². The fourth-order valence-electron chi connectivity index (χ4n) is 1.68. The smallest absolute Gasteiger partial charge is 0.0577 e. The zero-order chi connectivity index (χ0) is 9.83. The molecule has 0 aromatic carbocycles. The average Bonchev–Trinajstić information content (AvgIpc) is 1.78. The Bertz CT molecular complexity index is 166. The molecule has 70 valence electrons. The van der Waals surface area contributed by atoms with Crippen LogP contribution in [0, 0.1) is 17.8 Å². The molecule has 0 amide bonds. The van der Waals surface area contributed by atoms with E-state index in [1.165, 1.54) is 0 Å². The highest BCUT2D eigenvalue weighted by molar-refractivity contribution is 4.92. The largest absolute Gasteiger partial charge is 0.301 e. The first-order chi connectivity index (χ1) is 5.27. The van der Waals surface area contributed by atoms with Gasteiger partial charge < -0.3 is 5.32 Å². The van der Waals surface area contributed by atoms with Crippen molar-refractivity contribution in [3.8, 4) is 12.3 Å². The Morgan fingerprint density at radius 2 is 1.67 bits per heavy atom. The minimum atomic E-state index is 0.143. The summed E-state index contributed by atoms with van der Waals surface area (Å²) in [7, 11) is 0. The van der Waals surface area contributed by atoms with Crippen LogP contribution < -0.4 is 5.32 Å². The number of terminal acetylenes is 1. The van der Waals surface area contributed by atoms with Crippen LogP contribution in [0.25, 0.3) is 0 Å². The third-order valence-corrected chi connectivity index (χ3v) is 1.64. The quantitative estimate of drug-likeness (QED) is 0.637. The van der Waals surface area contributed by atoms with E-state index in [0.717, 1.165) is 6.42 Å². The van der Waals surface area contributed by atoms with Crippen molar-refractivity contribution in [3.05, 3.63) is 0 Å². The Kier molecular flexibility index (Phi) is 3.80. The van der Waals surface area contributed by atoms with E-state index in [-0.39, 0.29) is 5.54 Å². The third kappa shape index (κ3) is 6.24. The molecule has 1 heteroatoms. The summed E-state index contributed by atoms with van der Waals surface area (Å²) < 4.78 is 0. The van der Waals surface area contributed by atoms with Gasteiger partial charge in [-0.1, -0.05) is 26.7 Å². The van der Waals surface area contributed by atoms with Crippen LogP contribution in [0.3, 0.4) is 0 Å². The summed E-state index contributed by atoms with van der Waals surface area (Å²) in [5.74, 6) is 2.60. The van der Waals surface area contributed by atoms with Crippen molar-refractivity contribution >= 4 is 0 Å². The molecular weight excluding hydrogens is 146 g/mol. The fraction of sp³-hybridized carbons (Fsp3) is 0.818. The molecule has 0 fully saturated rings. The molecule has 0 aromatic heterocycles. The first-order valence-electron chi connectivity index (χ1n) is 4.45. The van der Waals surface area contributed by atoms with E-state index in [4.69, 9.17) is 6.42 Å². The van der Waals surface area contributed by atoms with E-state index in [1.54, 1.807) is 0 Å². The Labute approximate surface area is 76.9 Å². The second-order valence-corrected chi connectivity index (χ2v) is 5.18. The lowest BCUT2D eigenvalue weighted by atomic mass is 9.82. The van der Waals surface area contributed by atoms with Gasteiger partial charge in [0.1, 0.15) is 0 Å². The van der Waals surface area contributed by atoms with Crippen LogP contribution in [-0.2, 0) is 0 Å². The standard InChI is InChI=1S/C11H21N/c1-7-8-12-11(5,6)9-10(2,3)4/h1,12H,8-9H2,2-6H3. The maximum Gasteiger partial charge on any atom is 0.0577 e. The summed E-state index contributed by atoms with van der Waals surface area (Å²) in [5.41, 5.74) is 0.496. The highest BCUT2D eigenvalue weighted by atomic mass is 14.9. The minimum absolute atomic E-state index is 0.143. The Morgan fingerprint density at radius 1 is 1.17 bits per heavy atom. The van der Waals surface area contributed by atoms with Gasteiger partial charge in [0.05, 0.1) is 6.54 Å². The predicted octanol–water partition coefficient (Wildman–Crippen LogP) is 2.42. The van der Waals surface area contributed by atoms with Gasteiger partial charge in [-0.25, -0.2) is 0 Å². The second kappa shape index (κ2) is 3.96. The maximum absolute atomic E-state index is 5.19. The summed E-state index contributed by atoms with van der Waals surface area (Å²) >= 11 is 0. The lowest BCUT2D eigenvalue weighted by Crippen LogP contribution is -2.42. The highest BCUT2D eigenvalue weighted by Crippen LogP contribution is 2.26. The summed E-state index contributed by atoms with van der Waals surface area (Å²) in [6, 6.07) is 0. The fourth-order valence-corrected chi connectivity index (χ4v) is 1.68. The van der Waals surface area contributed by atoms with E-state index in [0.29, 0.717) is 12.0 Å². The molecule has 1 N–H and O–H groups in total. The molecule has 0 bridgehead atoms. The van der Waals surface area contributed by atoms with Crippen LogP contribution in [0.5, 0.6) is 0 Å². The minimum Gasteiger partial charge on any atom is -0.301 e. The molecule has 0 spiro atoms. The van der Waals surface area contributed by atoms with Crippen molar-refractivity contribution in [2.45, 2.75) is 46.6 Å². The van der Waals surface area contributed by atoms with Gasteiger partial charge >= 0.3 is 0 Å². The highest BCUT2D eigenvalue weighted by Gasteiger charge is 2.24. The first kappa shape index (κ1) is 11.5. The molecule has 1 nitrogen and oxygen atoms in total. The number of rotatable bonds is 3. The van der Waals surface area contributed by atoms with Crippen LogP contribution in [0.15, 0.2) is 0 Å². The summed E-state index contributed by atoms with van der Waals surface area (Å²) in [6.07, 6.45) is 6.31. The van der Waals surface area contributed by atoms with Gasteiger partial charge in [0.2, 0.25) is 0 Å². The van der Waals surface area contributed by atoms with Gasteiger partial charge in [-0.2, -0.15) is 0 Å². The van der Waals surface area contributed by atoms with Crippen LogP contribution in [0.4, 0.5) is 0 Å². The van der Waals surface area contributed by atoms with Crippen LogP contribution in [0.1, 0.15) is 41.0 Å². The zero-order valence-corrected chi connectivity index (χ0v) is 8.99. The number of hydrogen-bond donors (Lipinski definition) is 1. The molecule has 0 aliphatic carbocycles. The molecule has 0 aliphatic rings. The van der Waals surface area contributed by atoms with E-state index in [2.05, 4.69) is 45.9 Å². The van der Waals surface area contributed by atoms with E-state index < -0.39 is 0 Å². The lowest BCUT2D eigenvalue weighted by Gasteiger charge is -2.32. The predicted molar refractivity (Wildman–Crippen MR) is 55.0 cm³/mol. The molecule has 0 saturated carbocycles. The van der Waals surface area contributed by atoms with E-state index in [1.807, 2.05) is 0 Å². The topological polar surface area (TPSA) is 12.0 Å². The first-order valence-corrected chi connectivity index (χ1v) is 4.45. The summed E-state index contributed by atoms with van der Waals surface area (Å²) in [6.45, 7) is 11.8. The molecule has 0 rings (SSSR count). The van der Waals surface area contributed by atoms with E-state index >= 15 is 0 Å². The molecule has 0 radical (unpaired) electrons. The summed E-state index contributed by atoms with van der Waals surface area (Å²) in [5, 5.41) is 3.33. The van der Waals surface area contributed by atoms with Crippen molar-refractivity contribution < 1.29 is 0 Å². The van der Waals surface area contributed by atoms with Gasteiger partial charge in [0.15, 0.2) is 0 Å². The molecule has 0 aromatic rings. The van der Waals surface area contributed by atoms with Crippen molar-refractivity contribution in [2.24, 2.45) is 5.41 Å². The Morgan fingerprint density at radius 3 is 2.00 bits per heavy atom. The van der Waals surface area contributed by atoms with Crippen molar-refractivity contribution in [1.82, 2.24) is 5.32 Å². The molecule has 0 heterocycles. The van der Waals surface area contributed by atoms with Crippen molar-refractivity contribution in [1.29, 1.82) is 0 Å². The van der Waals surface area contributed by atoms with Crippen LogP contribution in [-0.4, -0.2) is 12.1 Å². The maximum atomic E-state index is 5.19. The van der Waals surface area contributed by atoms with Gasteiger partial charge in [0.25, 0.3) is 0 Å². The van der Waals surface area contributed by atoms with Crippen molar-refractivity contribution in [2.75, 3.05) is 6.54 Å². The van der Waals surface area contributed by atoms with Gasteiger partial charge in [-0.05, 0) is 25.7 Å². The molecular formula is C11H21N. The second-order valence-electron chi connectivity index (χ2n) is 5.18. The number of nitrogens with one attached hydrogen (secondary N) is 1. The van der Waals surface area contributed by atoms with Gasteiger partial charge in [0, 0.05) is 5.54 Å². The molecule has 12 heavy (non-hydrogen) atoms. The number of hydrogen-bond acceptors (Lipinski definition) is 1. The molecule has 0 unspecified atom stereocenters. The van der Waals surface area contributed by atoms with E-state index in [9.17, 15) is 0 Å². The lowest BCUT2D eigenvalue weighted by molar-refractivity contribution is 0.249. The van der Waals surface area contributed by atoms with Crippen LogP contribution >= 0.6 is 0 Å². The van der Waals surface area contributed by atoms with Crippen molar-refractivity contribution in [3.63, 3.8) is 0 Å². The normalized spacial score (nSPS) is 12.7. The van der Waals surface area contributed by atoms with Gasteiger partial charge in [-0.15, -0.1) is 6.42 Å². The van der Waals surface area contributed by atoms with Crippen LogP contribution in [0.2, 0.25) is 0 Å². The Hall–Kier alpha value is -0.480. The average molecular weight is 167 g/mol. The summed E-state index contributed by atoms with van der Waals surface area (Å²) in [4.78, 5) is 0. The zero-order valence-electron chi connectivity index (χ0n) is 8.99. The molecule has 0 aliphatic heterocycles.